The fourth-order valence-electron chi connectivity index (χ4n) is 1.67. The molecule has 0 aromatic heterocycles. The van der Waals surface area contributed by atoms with Crippen molar-refractivity contribution in [3.63, 3.8) is 0 Å². The Morgan fingerprint density at radius 3 is 2.56 bits per heavy atom. The quantitative estimate of drug-likeness (QED) is 0.787. The van der Waals surface area contributed by atoms with Gasteiger partial charge in [-0.15, -0.1) is 0 Å². The summed E-state index contributed by atoms with van der Waals surface area (Å²) < 4.78 is 4.66. The van der Waals surface area contributed by atoms with Crippen molar-refractivity contribution < 1.29 is 9.53 Å². The van der Waals surface area contributed by atoms with Gasteiger partial charge in [0.15, 0.2) is 0 Å². The molecule has 3 heteroatoms. The Morgan fingerprint density at radius 2 is 1.81 bits per heavy atom. The number of hydrogen-bond acceptors (Lipinski definition) is 3. The van der Waals surface area contributed by atoms with Gasteiger partial charge in [0.05, 0.1) is 13.5 Å². The Labute approximate surface area is 94.6 Å². The smallest absolute Gasteiger partial charge is 0.309 e. The highest BCUT2D eigenvalue weighted by atomic mass is 16.5. The van der Waals surface area contributed by atoms with E-state index in [1.54, 1.807) is 0 Å². The maximum absolute atomic E-state index is 11.2. The third-order valence-electron chi connectivity index (χ3n) is 2.44. The Balaban J connectivity index is 0.00000128. The van der Waals surface area contributed by atoms with Crippen molar-refractivity contribution in [3.8, 4) is 0 Å². The van der Waals surface area contributed by atoms with Crippen LogP contribution < -0.4 is 6.15 Å². The van der Waals surface area contributed by atoms with E-state index in [1.165, 1.54) is 7.11 Å². The molecular formula is C13H15NO2. The fourth-order valence-corrected chi connectivity index (χ4v) is 1.67. The molecule has 3 nitrogen and oxygen atoms in total. The molecule has 16 heavy (non-hydrogen) atoms. The minimum Gasteiger partial charge on any atom is -0.469 e. The molecule has 2 aromatic rings. The van der Waals surface area contributed by atoms with E-state index in [1.807, 2.05) is 42.5 Å². The first-order valence-electron chi connectivity index (χ1n) is 4.84. The monoisotopic (exact) mass is 217 g/mol. The van der Waals surface area contributed by atoms with Crippen molar-refractivity contribution in [1.82, 2.24) is 6.15 Å². The number of hydrogen-bond donors (Lipinski definition) is 1. The van der Waals surface area contributed by atoms with E-state index in [0.717, 1.165) is 16.3 Å². The molecule has 84 valence electrons. The van der Waals surface area contributed by atoms with Gasteiger partial charge < -0.3 is 10.9 Å². The zero-order valence-corrected chi connectivity index (χ0v) is 9.27. The standard InChI is InChI=1S/C13H12O2.H3N/c1-15-13(14)9-11-7-4-6-10-5-2-3-8-12(10)11;/h2-8H,9H2,1H3;1H3. The number of methoxy groups -OCH3 is 1. The van der Waals surface area contributed by atoms with Crippen LogP contribution in [0.3, 0.4) is 0 Å². The first-order chi connectivity index (χ1) is 7.31. The lowest BCUT2D eigenvalue weighted by Crippen LogP contribution is -2.04. The van der Waals surface area contributed by atoms with Gasteiger partial charge >= 0.3 is 5.97 Å². The average Bonchev–Trinajstić information content (AvgIpc) is 2.29. The Hall–Kier alpha value is -1.87. The predicted octanol–water partition coefficient (Wildman–Crippen LogP) is 2.72. The normalized spacial score (nSPS) is 9.56. The number of carbonyl (C=O) groups is 1. The minimum atomic E-state index is -0.202. The molecule has 0 radical (unpaired) electrons. The molecule has 0 aliphatic carbocycles. The van der Waals surface area contributed by atoms with Crippen LogP contribution in [0.25, 0.3) is 10.8 Å². The van der Waals surface area contributed by atoms with Crippen LogP contribution >= 0.6 is 0 Å². The molecule has 3 N–H and O–H groups in total. The van der Waals surface area contributed by atoms with Crippen LogP contribution in [-0.2, 0) is 16.0 Å². The van der Waals surface area contributed by atoms with Gasteiger partial charge in [0, 0.05) is 0 Å². The Bertz CT molecular complexity index is 489. The van der Waals surface area contributed by atoms with Gasteiger partial charge in [0.1, 0.15) is 0 Å². The van der Waals surface area contributed by atoms with Gasteiger partial charge in [-0.25, -0.2) is 0 Å². The summed E-state index contributed by atoms with van der Waals surface area (Å²) in [4.78, 5) is 11.2. The Kier molecular flexibility index (Phi) is 4.03. The van der Waals surface area contributed by atoms with Gasteiger partial charge in [0.2, 0.25) is 0 Å². The van der Waals surface area contributed by atoms with Crippen LogP contribution in [-0.4, -0.2) is 13.1 Å². The first-order valence-corrected chi connectivity index (χ1v) is 4.84. The zero-order valence-electron chi connectivity index (χ0n) is 9.27. The molecule has 0 aliphatic heterocycles. The summed E-state index contributed by atoms with van der Waals surface area (Å²) in [5.74, 6) is -0.202. The largest absolute Gasteiger partial charge is 0.469 e. The van der Waals surface area contributed by atoms with Crippen molar-refractivity contribution in [2.45, 2.75) is 6.42 Å². The van der Waals surface area contributed by atoms with E-state index in [0.29, 0.717) is 6.42 Å². The molecule has 0 heterocycles. The van der Waals surface area contributed by atoms with Crippen LogP contribution in [0.2, 0.25) is 0 Å². The second kappa shape index (κ2) is 5.28. The maximum atomic E-state index is 11.2. The third-order valence-corrected chi connectivity index (χ3v) is 2.44. The molecule has 0 aliphatic rings. The van der Waals surface area contributed by atoms with Crippen molar-refractivity contribution in [2.24, 2.45) is 0 Å². The van der Waals surface area contributed by atoms with Crippen LogP contribution in [0, 0.1) is 0 Å². The van der Waals surface area contributed by atoms with E-state index in [4.69, 9.17) is 0 Å². The van der Waals surface area contributed by atoms with Crippen molar-refractivity contribution in [2.75, 3.05) is 7.11 Å². The summed E-state index contributed by atoms with van der Waals surface area (Å²) >= 11 is 0. The van der Waals surface area contributed by atoms with Gasteiger partial charge in [-0.1, -0.05) is 42.5 Å². The van der Waals surface area contributed by atoms with Crippen molar-refractivity contribution in [1.29, 1.82) is 0 Å². The summed E-state index contributed by atoms with van der Waals surface area (Å²) in [5, 5.41) is 2.27. The van der Waals surface area contributed by atoms with E-state index in [9.17, 15) is 4.79 Å². The molecule has 0 saturated carbocycles. The summed E-state index contributed by atoms with van der Waals surface area (Å²) in [7, 11) is 1.41. The van der Waals surface area contributed by atoms with Gasteiger partial charge in [-0.2, -0.15) is 0 Å². The number of benzene rings is 2. The van der Waals surface area contributed by atoms with Gasteiger partial charge in [-0.05, 0) is 16.3 Å². The molecule has 0 fully saturated rings. The third kappa shape index (κ3) is 2.38. The summed E-state index contributed by atoms with van der Waals surface area (Å²) in [5.41, 5.74) is 1.01. The lowest BCUT2D eigenvalue weighted by atomic mass is 10.0. The highest BCUT2D eigenvalue weighted by Gasteiger charge is 2.05. The number of esters is 1. The van der Waals surface area contributed by atoms with Crippen LogP contribution in [0.1, 0.15) is 5.56 Å². The molecule has 0 unspecified atom stereocenters. The van der Waals surface area contributed by atoms with Crippen molar-refractivity contribution in [3.05, 3.63) is 48.0 Å². The number of carbonyl (C=O) groups excluding carboxylic acids is 1. The molecular weight excluding hydrogens is 202 g/mol. The summed E-state index contributed by atoms with van der Waals surface area (Å²) in [6, 6.07) is 14.0. The topological polar surface area (TPSA) is 61.3 Å². The molecule has 0 spiro atoms. The minimum absolute atomic E-state index is 0. The summed E-state index contributed by atoms with van der Waals surface area (Å²) in [6.45, 7) is 0. The average molecular weight is 217 g/mol. The highest BCUT2D eigenvalue weighted by Crippen LogP contribution is 2.18. The highest BCUT2D eigenvalue weighted by molar-refractivity contribution is 5.88. The summed E-state index contributed by atoms with van der Waals surface area (Å²) in [6.07, 6.45) is 0.331. The van der Waals surface area contributed by atoms with Crippen LogP contribution in [0.4, 0.5) is 0 Å². The number of ether oxygens (including phenoxy) is 1. The second-order valence-electron chi connectivity index (χ2n) is 3.39. The maximum Gasteiger partial charge on any atom is 0.309 e. The second-order valence-corrected chi connectivity index (χ2v) is 3.39. The SMILES string of the molecule is COC(=O)Cc1cccc2ccccc12.N. The lowest BCUT2D eigenvalue weighted by molar-refractivity contribution is -0.139. The molecule has 0 atom stereocenters. The molecule has 2 rings (SSSR count). The van der Waals surface area contributed by atoms with E-state index < -0.39 is 0 Å². The fraction of sp³-hybridized carbons (Fsp3) is 0.154. The first kappa shape index (κ1) is 12.2. The van der Waals surface area contributed by atoms with Gasteiger partial charge in [-0.3, -0.25) is 4.79 Å². The van der Waals surface area contributed by atoms with Crippen LogP contribution in [0.5, 0.6) is 0 Å². The zero-order chi connectivity index (χ0) is 10.7. The molecule has 2 aromatic carbocycles. The number of rotatable bonds is 2. The molecule has 0 saturated heterocycles. The lowest BCUT2D eigenvalue weighted by Gasteiger charge is -2.04. The van der Waals surface area contributed by atoms with Crippen LogP contribution in [0.15, 0.2) is 42.5 Å². The molecule has 0 amide bonds. The van der Waals surface area contributed by atoms with Crippen molar-refractivity contribution >= 4 is 16.7 Å². The van der Waals surface area contributed by atoms with E-state index in [2.05, 4.69) is 4.74 Å². The van der Waals surface area contributed by atoms with E-state index >= 15 is 0 Å². The predicted molar refractivity (Wildman–Crippen MR) is 64.7 cm³/mol. The Morgan fingerprint density at radius 1 is 1.12 bits per heavy atom. The van der Waals surface area contributed by atoms with Gasteiger partial charge in [0.25, 0.3) is 0 Å². The number of fused-ring (bicyclic) bond motifs is 1. The molecule has 0 bridgehead atoms. The van der Waals surface area contributed by atoms with E-state index in [-0.39, 0.29) is 12.1 Å².